The van der Waals surface area contributed by atoms with Gasteiger partial charge in [0.15, 0.2) is 11.6 Å². The van der Waals surface area contributed by atoms with Crippen LogP contribution >= 0.6 is 0 Å². The molecular formula is C14H16FN3O. The van der Waals surface area contributed by atoms with Gasteiger partial charge in [-0.1, -0.05) is 6.92 Å². The number of hydrogen-bond acceptors (Lipinski definition) is 4. The molecule has 4 nitrogen and oxygen atoms in total. The lowest BCUT2D eigenvalue weighted by Gasteiger charge is -2.24. The summed E-state index contributed by atoms with van der Waals surface area (Å²) >= 11 is 0. The van der Waals surface area contributed by atoms with Gasteiger partial charge in [0.2, 0.25) is 0 Å². The molecule has 0 amide bonds. The van der Waals surface area contributed by atoms with E-state index in [0.29, 0.717) is 17.9 Å². The minimum absolute atomic E-state index is 0.0732. The second-order valence-corrected chi connectivity index (χ2v) is 4.68. The van der Waals surface area contributed by atoms with E-state index >= 15 is 0 Å². The van der Waals surface area contributed by atoms with Crippen LogP contribution in [0, 0.1) is 5.82 Å². The Morgan fingerprint density at radius 1 is 1.47 bits per heavy atom. The molecule has 0 saturated carbocycles. The fraction of sp³-hybridized carbons (Fsp3) is 0.429. The number of furan rings is 1. The fourth-order valence-electron chi connectivity index (χ4n) is 2.64. The van der Waals surface area contributed by atoms with Crippen LogP contribution in [0.25, 0.3) is 0 Å². The van der Waals surface area contributed by atoms with Crippen molar-refractivity contribution in [3.05, 3.63) is 42.0 Å². The van der Waals surface area contributed by atoms with Crippen LogP contribution in [0.5, 0.6) is 0 Å². The summed E-state index contributed by atoms with van der Waals surface area (Å²) in [5.41, 5.74) is 0.468. The van der Waals surface area contributed by atoms with Gasteiger partial charge in [-0.2, -0.15) is 0 Å². The van der Waals surface area contributed by atoms with Gasteiger partial charge < -0.3 is 9.32 Å². The third-order valence-electron chi connectivity index (χ3n) is 3.57. The molecule has 0 aliphatic carbocycles. The summed E-state index contributed by atoms with van der Waals surface area (Å²) < 4.78 is 19.8. The predicted molar refractivity (Wildman–Crippen MR) is 69.4 cm³/mol. The Morgan fingerprint density at radius 2 is 2.37 bits per heavy atom. The number of halogens is 1. The first-order valence-corrected chi connectivity index (χ1v) is 6.60. The second-order valence-electron chi connectivity index (χ2n) is 4.68. The summed E-state index contributed by atoms with van der Waals surface area (Å²) in [6.45, 7) is 2.69. The van der Waals surface area contributed by atoms with Crippen molar-refractivity contribution in [2.75, 3.05) is 11.4 Å². The van der Waals surface area contributed by atoms with Crippen molar-refractivity contribution < 1.29 is 8.81 Å². The van der Waals surface area contributed by atoms with Crippen LogP contribution in [0.15, 0.2) is 29.1 Å². The molecule has 19 heavy (non-hydrogen) atoms. The van der Waals surface area contributed by atoms with E-state index in [1.165, 1.54) is 6.33 Å². The van der Waals surface area contributed by atoms with Crippen molar-refractivity contribution in [3.8, 4) is 0 Å². The van der Waals surface area contributed by atoms with Crippen LogP contribution in [-0.4, -0.2) is 16.5 Å². The van der Waals surface area contributed by atoms with Gasteiger partial charge in [0.25, 0.3) is 0 Å². The normalized spacial score (nSPS) is 19.1. The van der Waals surface area contributed by atoms with Crippen molar-refractivity contribution in [3.63, 3.8) is 0 Å². The maximum Gasteiger partial charge on any atom is 0.187 e. The van der Waals surface area contributed by atoms with E-state index in [9.17, 15) is 4.39 Å². The smallest absolute Gasteiger partial charge is 0.187 e. The average molecular weight is 261 g/mol. The highest BCUT2D eigenvalue weighted by Gasteiger charge is 2.31. The SMILES string of the molecule is CCc1ncnc(N2CCCC2c2ccco2)c1F. The number of hydrogen-bond donors (Lipinski definition) is 0. The third kappa shape index (κ3) is 2.09. The topological polar surface area (TPSA) is 42.2 Å². The molecule has 100 valence electrons. The van der Waals surface area contributed by atoms with Gasteiger partial charge in [0.1, 0.15) is 12.1 Å². The van der Waals surface area contributed by atoms with E-state index in [4.69, 9.17) is 4.42 Å². The maximum absolute atomic E-state index is 14.3. The van der Waals surface area contributed by atoms with Crippen LogP contribution in [0.1, 0.15) is 37.3 Å². The Hall–Kier alpha value is -1.91. The highest BCUT2D eigenvalue weighted by Crippen LogP contribution is 2.36. The van der Waals surface area contributed by atoms with E-state index in [-0.39, 0.29) is 11.9 Å². The van der Waals surface area contributed by atoms with Crippen LogP contribution in [0.4, 0.5) is 10.2 Å². The molecule has 1 aliphatic heterocycles. The molecule has 0 aromatic carbocycles. The lowest BCUT2D eigenvalue weighted by Crippen LogP contribution is -2.25. The summed E-state index contributed by atoms with van der Waals surface area (Å²) in [5.74, 6) is 0.961. The minimum Gasteiger partial charge on any atom is -0.467 e. The van der Waals surface area contributed by atoms with Crippen molar-refractivity contribution in [2.45, 2.75) is 32.2 Å². The first-order valence-electron chi connectivity index (χ1n) is 6.60. The van der Waals surface area contributed by atoms with Gasteiger partial charge in [-0.15, -0.1) is 0 Å². The Morgan fingerprint density at radius 3 is 3.11 bits per heavy atom. The van der Waals surface area contributed by atoms with Crippen molar-refractivity contribution >= 4 is 5.82 Å². The van der Waals surface area contributed by atoms with Crippen molar-refractivity contribution in [1.29, 1.82) is 0 Å². The highest BCUT2D eigenvalue weighted by atomic mass is 19.1. The van der Waals surface area contributed by atoms with Gasteiger partial charge >= 0.3 is 0 Å². The number of anilines is 1. The molecule has 1 saturated heterocycles. The highest BCUT2D eigenvalue weighted by molar-refractivity contribution is 5.44. The molecule has 0 N–H and O–H groups in total. The number of rotatable bonds is 3. The lowest BCUT2D eigenvalue weighted by molar-refractivity contribution is 0.461. The zero-order chi connectivity index (χ0) is 13.2. The molecule has 3 heterocycles. The lowest BCUT2D eigenvalue weighted by atomic mass is 10.1. The molecule has 2 aromatic heterocycles. The van der Waals surface area contributed by atoms with E-state index in [1.54, 1.807) is 6.26 Å². The second kappa shape index (κ2) is 4.99. The van der Waals surface area contributed by atoms with Crippen molar-refractivity contribution in [2.24, 2.45) is 0 Å². The number of aromatic nitrogens is 2. The van der Waals surface area contributed by atoms with Gasteiger partial charge in [-0.3, -0.25) is 0 Å². The molecular weight excluding hydrogens is 245 g/mol. The summed E-state index contributed by atoms with van der Waals surface area (Å²) in [6.07, 6.45) is 5.63. The molecule has 0 radical (unpaired) electrons. The predicted octanol–water partition coefficient (Wildman–Crippen LogP) is 3.11. The van der Waals surface area contributed by atoms with Crippen LogP contribution in [0.2, 0.25) is 0 Å². The standard InChI is InChI=1S/C14H16FN3O/c1-2-10-13(15)14(17-9-16-10)18-7-3-5-11(18)12-6-4-8-19-12/h4,6,8-9,11H,2-3,5,7H2,1H3. The molecule has 5 heteroatoms. The van der Waals surface area contributed by atoms with Crippen LogP contribution in [-0.2, 0) is 6.42 Å². The van der Waals surface area contributed by atoms with Crippen LogP contribution < -0.4 is 4.90 Å². The molecule has 1 aliphatic rings. The first-order chi connectivity index (χ1) is 9.31. The van der Waals surface area contributed by atoms with Gasteiger partial charge in [0.05, 0.1) is 18.0 Å². The minimum atomic E-state index is -0.302. The Bertz CT molecular complexity index is 556. The summed E-state index contributed by atoms with van der Waals surface area (Å²) in [5, 5.41) is 0. The monoisotopic (exact) mass is 261 g/mol. The summed E-state index contributed by atoms with van der Waals surface area (Å²) in [7, 11) is 0. The summed E-state index contributed by atoms with van der Waals surface area (Å²) in [6, 6.07) is 3.87. The average Bonchev–Trinajstić information content (AvgIpc) is 3.09. The zero-order valence-electron chi connectivity index (χ0n) is 10.8. The first kappa shape index (κ1) is 12.1. The molecule has 2 aromatic rings. The van der Waals surface area contributed by atoms with Gasteiger partial charge in [-0.25, -0.2) is 14.4 Å². The molecule has 0 bridgehead atoms. The quantitative estimate of drug-likeness (QED) is 0.851. The molecule has 1 fully saturated rings. The number of aryl methyl sites for hydroxylation is 1. The Labute approximate surface area is 111 Å². The van der Waals surface area contributed by atoms with E-state index < -0.39 is 0 Å². The molecule has 3 rings (SSSR count). The van der Waals surface area contributed by atoms with Gasteiger partial charge in [0, 0.05) is 6.54 Å². The van der Waals surface area contributed by atoms with Gasteiger partial charge in [-0.05, 0) is 31.4 Å². The largest absolute Gasteiger partial charge is 0.467 e. The molecule has 1 unspecified atom stereocenters. The fourth-order valence-corrected chi connectivity index (χ4v) is 2.64. The summed E-state index contributed by atoms with van der Waals surface area (Å²) in [4.78, 5) is 10.1. The molecule has 1 atom stereocenters. The maximum atomic E-state index is 14.3. The molecule has 0 spiro atoms. The Kier molecular flexibility index (Phi) is 3.19. The van der Waals surface area contributed by atoms with Crippen LogP contribution in [0.3, 0.4) is 0 Å². The van der Waals surface area contributed by atoms with E-state index in [2.05, 4.69) is 9.97 Å². The van der Waals surface area contributed by atoms with E-state index in [0.717, 1.165) is 25.1 Å². The Balaban J connectivity index is 1.97. The van der Waals surface area contributed by atoms with Crippen molar-refractivity contribution in [1.82, 2.24) is 9.97 Å². The van der Waals surface area contributed by atoms with E-state index in [1.807, 2.05) is 24.0 Å². The zero-order valence-corrected chi connectivity index (χ0v) is 10.8. The third-order valence-corrected chi connectivity index (χ3v) is 3.57. The number of nitrogens with zero attached hydrogens (tertiary/aromatic N) is 3.